The highest BCUT2D eigenvalue weighted by Crippen LogP contribution is 2.13. The van der Waals surface area contributed by atoms with Gasteiger partial charge in [0.15, 0.2) is 0 Å². The third-order valence-electron chi connectivity index (χ3n) is 3.78. The fourth-order valence-corrected chi connectivity index (χ4v) is 2.60. The number of hydrogen-bond donors (Lipinski definition) is 3. The lowest BCUT2D eigenvalue weighted by Crippen LogP contribution is -2.47. The first-order valence-electron chi connectivity index (χ1n) is 8.44. The van der Waals surface area contributed by atoms with E-state index >= 15 is 0 Å². The third-order valence-corrected chi connectivity index (χ3v) is 3.78. The molecule has 27 heavy (non-hydrogen) atoms. The van der Waals surface area contributed by atoms with Gasteiger partial charge < -0.3 is 10.1 Å². The van der Waals surface area contributed by atoms with Crippen molar-refractivity contribution in [1.29, 1.82) is 0 Å². The van der Waals surface area contributed by atoms with E-state index in [1.807, 2.05) is 13.0 Å². The number of hydrazine groups is 1. The zero-order valence-electron chi connectivity index (χ0n) is 15.0. The van der Waals surface area contributed by atoms with Gasteiger partial charge in [0, 0.05) is 24.5 Å². The Labute approximate surface area is 155 Å². The van der Waals surface area contributed by atoms with Crippen LogP contribution < -0.4 is 20.9 Å². The van der Waals surface area contributed by atoms with E-state index in [1.165, 1.54) is 0 Å². The van der Waals surface area contributed by atoms with Gasteiger partial charge in [-0.05, 0) is 32.0 Å². The predicted molar refractivity (Wildman–Crippen MR) is 98.2 cm³/mol. The van der Waals surface area contributed by atoms with Crippen molar-refractivity contribution < 1.29 is 14.3 Å². The number of imidazole rings is 1. The SMILES string of the molecule is CCOc1ncccc1CNC(=O)NNC(=O)c1c(C)nc2ccccn12. The van der Waals surface area contributed by atoms with E-state index < -0.39 is 11.9 Å². The maximum atomic E-state index is 12.4. The second-order valence-corrected chi connectivity index (χ2v) is 5.64. The van der Waals surface area contributed by atoms with Gasteiger partial charge in [0.05, 0.1) is 12.3 Å². The molecule has 0 bridgehead atoms. The van der Waals surface area contributed by atoms with Crippen molar-refractivity contribution in [1.82, 2.24) is 30.5 Å². The molecule has 9 heteroatoms. The zero-order chi connectivity index (χ0) is 19.2. The molecular formula is C18H20N6O3. The van der Waals surface area contributed by atoms with Crippen molar-refractivity contribution in [3.8, 4) is 5.88 Å². The summed E-state index contributed by atoms with van der Waals surface area (Å²) in [5.74, 6) is 0.00317. The van der Waals surface area contributed by atoms with Crippen LogP contribution in [0.5, 0.6) is 5.88 Å². The number of rotatable bonds is 5. The summed E-state index contributed by atoms with van der Waals surface area (Å²) in [5.41, 5.74) is 7.03. The normalized spacial score (nSPS) is 10.4. The molecule has 9 nitrogen and oxygen atoms in total. The topological polar surface area (TPSA) is 110 Å². The van der Waals surface area contributed by atoms with Gasteiger partial charge in [-0.2, -0.15) is 0 Å². The van der Waals surface area contributed by atoms with Crippen LogP contribution >= 0.6 is 0 Å². The largest absolute Gasteiger partial charge is 0.478 e. The van der Waals surface area contributed by atoms with Crippen molar-refractivity contribution in [2.75, 3.05) is 6.61 Å². The summed E-state index contributed by atoms with van der Waals surface area (Å²) >= 11 is 0. The van der Waals surface area contributed by atoms with Crippen LogP contribution in [0.4, 0.5) is 4.79 Å². The van der Waals surface area contributed by atoms with Crippen molar-refractivity contribution in [2.45, 2.75) is 20.4 Å². The van der Waals surface area contributed by atoms with Crippen LogP contribution in [-0.4, -0.2) is 32.9 Å². The van der Waals surface area contributed by atoms with Gasteiger partial charge in [-0.1, -0.05) is 12.1 Å². The number of hydrogen-bond acceptors (Lipinski definition) is 5. The van der Waals surface area contributed by atoms with Crippen LogP contribution in [0.2, 0.25) is 0 Å². The highest BCUT2D eigenvalue weighted by molar-refractivity contribution is 5.95. The minimum Gasteiger partial charge on any atom is -0.478 e. The zero-order valence-corrected chi connectivity index (χ0v) is 15.0. The smallest absolute Gasteiger partial charge is 0.333 e. The number of ether oxygens (including phenoxy) is 1. The summed E-state index contributed by atoms with van der Waals surface area (Å²) in [4.78, 5) is 32.8. The third kappa shape index (κ3) is 4.14. The number of nitrogens with one attached hydrogen (secondary N) is 3. The minimum absolute atomic E-state index is 0.208. The molecule has 140 valence electrons. The minimum atomic E-state index is -0.555. The Kier molecular flexibility index (Phi) is 5.50. The van der Waals surface area contributed by atoms with Crippen molar-refractivity contribution in [3.05, 3.63) is 59.7 Å². The first kappa shape index (κ1) is 18.2. The second-order valence-electron chi connectivity index (χ2n) is 5.64. The van der Waals surface area contributed by atoms with E-state index in [9.17, 15) is 9.59 Å². The molecule has 0 spiro atoms. The quantitative estimate of drug-likeness (QED) is 0.593. The standard InChI is InChI=1S/C18H20N6O3/c1-3-27-17-13(7-6-9-19-17)11-20-18(26)23-22-16(25)15-12(2)21-14-8-4-5-10-24(14)15/h4-10H,3,11H2,1-2H3,(H,22,25)(H2,20,23,26). The molecule has 0 aliphatic carbocycles. The summed E-state index contributed by atoms with van der Waals surface area (Å²) < 4.78 is 7.07. The molecule has 0 aliphatic rings. The molecule has 0 aliphatic heterocycles. The Hall–Kier alpha value is -3.62. The average Bonchev–Trinajstić information content (AvgIpc) is 3.01. The van der Waals surface area contributed by atoms with Crippen LogP contribution in [0.25, 0.3) is 5.65 Å². The molecule has 3 amide bonds. The number of aryl methyl sites for hydroxylation is 1. The molecule has 0 saturated carbocycles. The van der Waals surface area contributed by atoms with Gasteiger partial charge in [0.1, 0.15) is 11.3 Å². The summed E-state index contributed by atoms with van der Waals surface area (Å²) in [6, 6.07) is 8.44. The number of pyridine rings is 2. The second kappa shape index (κ2) is 8.17. The number of amides is 3. The Balaban J connectivity index is 1.58. The number of urea groups is 1. The number of aromatic nitrogens is 3. The van der Waals surface area contributed by atoms with Crippen LogP contribution in [0, 0.1) is 6.92 Å². The number of fused-ring (bicyclic) bond motifs is 1. The maximum Gasteiger partial charge on any atom is 0.333 e. The molecule has 3 rings (SSSR count). The molecule has 0 unspecified atom stereocenters. The van der Waals surface area contributed by atoms with Crippen molar-refractivity contribution in [2.24, 2.45) is 0 Å². The van der Waals surface area contributed by atoms with Gasteiger partial charge in [0.2, 0.25) is 5.88 Å². The summed E-state index contributed by atoms with van der Waals surface area (Å²) in [6.45, 7) is 4.28. The summed E-state index contributed by atoms with van der Waals surface area (Å²) in [6.07, 6.45) is 3.36. The van der Waals surface area contributed by atoms with Crippen LogP contribution in [0.15, 0.2) is 42.7 Å². The molecule has 0 aromatic carbocycles. The van der Waals surface area contributed by atoms with E-state index in [2.05, 4.69) is 26.1 Å². The van der Waals surface area contributed by atoms with Gasteiger partial charge in [-0.3, -0.25) is 14.6 Å². The molecular weight excluding hydrogens is 348 g/mol. The van der Waals surface area contributed by atoms with Gasteiger partial charge >= 0.3 is 6.03 Å². The first-order chi connectivity index (χ1) is 13.1. The first-order valence-corrected chi connectivity index (χ1v) is 8.44. The molecule has 3 N–H and O–H groups in total. The molecule has 0 radical (unpaired) electrons. The average molecular weight is 368 g/mol. The molecule has 3 heterocycles. The molecule has 0 atom stereocenters. The van der Waals surface area contributed by atoms with Crippen molar-refractivity contribution in [3.63, 3.8) is 0 Å². The highest BCUT2D eigenvalue weighted by Gasteiger charge is 2.16. The Morgan fingerprint density at radius 1 is 1.19 bits per heavy atom. The van der Waals surface area contributed by atoms with Gasteiger partial charge in [-0.15, -0.1) is 0 Å². The predicted octanol–water partition coefficient (Wildman–Crippen LogP) is 1.58. The summed E-state index contributed by atoms with van der Waals surface area (Å²) in [7, 11) is 0. The lowest BCUT2D eigenvalue weighted by atomic mass is 10.2. The lowest BCUT2D eigenvalue weighted by molar-refractivity contribution is 0.0929. The van der Waals surface area contributed by atoms with E-state index in [0.717, 1.165) is 5.56 Å². The number of carbonyl (C=O) groups is 2. The van der Waals surface area contributed by atoms with Gasteiger partial charge in [-0.25, -0.2) is 20.2 Å². The maximum absolute atomic E-state index is 12.4. The highest BCUT2D eigenvalue weighted by atomic mass is 16.5. The van der Waals surface area contributed by atoms with Crippen LogP contribution in [-0.2, 0) is 6.54 Å². The Morgan fingerprint density at radius 2 is 2.04 bits per heavy atom. The van der Waals surface area contributed by atoms with Crippen LogP contribution in [0.3, 0.4) is 0 Å². The Morgan fingerprint density at radius 3 is 2.85 bits per heavy atom. The van der Waals surface area contributed by atoms with E-state index in [0.29, 0.717) is 29.5 Å². The van der Waals surface area contributed by atoms with E-state index in [1.54, 1.807) is 48.0 Å². The molecule has 3 aromatic rings. The Bertz CT molecular complexity index is 969. The number of carbonyl (C=O) groups excluding carboxylic acids is 2. The van der Waals surface area contributed by atoms with Crippen LogP contribution in [0.1, 0.15) is 28.7 Å². The fraction of sp³-hybridized carbons (Fsp3) is 0.222. The fourth-order valence-electron chi connectivity index (χ4n) is 2.60. The van der Waals surface area contributed by atoms with Crippen molar-refractivity contribution >= 4 is 17.6 Å². The van der Waals surface area contributed by atoms with Gasteiger partial charge in [0.25, 0.3) is 5.91 Å². The molecule has 0 fully saturated rings. The lowest BCUT2D eigenvalue weighted by Gasteiger charge is -2.11. The van der Waals surface area contributed by atoms with E-state index in [-0.39, 0.29) is 6.54 Å². The summed E-state index contributed by atoms with van der Waals surface area (Å²) in [5, 5.41) is 2.64. The molecule has 0 saturated heterocycles. The van der Waals surface area contributed by atoms with E-state index in [4.69, 9.17) is 4.74 Å². The number of nitrogens with zero attached hydrogens (tertiary/aromatic N) is 3. The molecule has 3 aromatic heterocycles. The monoisotopic (exact) mass is 368 g/mol.